The lowest BCUT2D eigenvalue weighted by molar-refractivity contribution is -0.00469. The van der Waals surface area contributed by atoms with Gasteiger partial charge in [-0.25, -0.2) is 0 Å². The van der Waals surface area contributed by atoms with Crippen molar-refractivity contribution in [3.63, 3.8) is 0 Å². The van der Waals surface area contributed by atoms with Crippen LogP contribution >= 0.6 is 11.8 Å². The molecule has 0 saturated carbocycles. The molecule has 0 amide bonds. The largest absolute Gasteiger partial charge is 0.371 e. The highest BCUT2D eigenvalue weighted by Gasteiger charge is 2.31. The van der Waals surface area contributed by atoms with Crippen LogP contribution in [-0.4, -0.2) is 32.2 Å². The van der Waals surface area contributed by atoms with E-state index in [9.17, 15) is 0 Å². The highest BCUT2D eigenvalue weighted by atomic mass is 32.2. The summed E-state index contributed by atoms with van der Waals surface area (Å²) in [5.41, 5.74) is 1.30. The lowest BCUT2D eigenvalue weighted by Gasteiger charge is -2.19. The van der Waals surface area contributed by atoms with Gasteiger partial charge in [0.05, 0.1) is 18.2 Å². The van der Waals surface area contributed by atoms with E-state index in [1.165, 1.54) is 5.56 Å². The van der Waals surface area contributed by atoms with E-state index < -0.39 is 0 Å². The van der Waals surface area contributed by atoms with Crippen LogP contribution in [0.3, 0.4) is 0 Å². The monoisotopic (exact) mass is 317 g/mol. The van der Waals surface area contributed by atoms with E-state index in [0.717, 1.165) is 36.1 Å². The van der Waals surface area contributed by atoms with Crippen LogP contribution in [0.4, 0.5) is 0 Å². The molecule has 5 heteroatoms. The zero-order chi connectivity index (χ0) is 15.6. The SMILES string of the molecule is Cc1nnc(SCC2CCC(C)(C)O2)n1Cc1ccccc1. The van der Waals surface area contributed by atoms with Crippen LogP contribution in [0.25, 0.3) is 0 Å². The van der Waals surface area contributed by atoms with Crippen LogP contribution in [-0.2, 0) is 11.3 Å². The maximum Gasteiger partial charge on any atom is 0.191 e. The first-order chi connectivity index (χ1) is 10.5. The summed E-state index contributed by atoms with van der Waals surface area (Å²) in [7, 11) is 0. The van der Waals surface area contributed by atoms with E-state index in [-0.39, 0.29) is 5.60 Å². The van der Waals surface area contributed by atoms with Gasteiger partial charge in [-0.2, -0.15) is 0 Å². The molecule has 22 heavy (non-hydrogen) atoms. The van der Waals surface area contributed by atoms with E-state index in [4.69, 9.17) is 4.74 Å². The molecule has 1 aromatic carbocycles. The summed E-state index contributed by atoms with van der Waals surface area (Å²) in [4.78, 5) is 0. The molecule has 2 aromatic rings. The minimum atomic E-state index is 0.0266. The fourth-order valence-electron chi connectivity index (χ4n) is 2.78. The third kappa shape index (κ3) is 3.70. The van der Waals surface area contributed by atoms with Gasteiger partial charge in [0, 0.05) is 5.75 Å². The topological polar surface area (TPSA) is 39.9 Å². The van der Waals surface area contributed by atoms with Crippen molar-refractivity contribution >= 4 is 11.8 Å². The zero-order valence-corrected chi connectivity index (χ0v) is 14.3. The van der Waals surface area contributed by atoms with Crippen molar-refractivity contribution in [2.45, 2.75) is 57.0 Å². The smallest absolute Gasteiger partial charge is 0.191 e. The van der Waals surface area contributed by atoms with Crippen molar-refractivity contribution in [2.75, 3.05) is 5.75 Å². The van der Waals surface area contributed by atoms with Gasteiger partial charge in [-0.05, 0) is 39.2 Å². The molecule has 4 nitrogen and oxygen atoms in total. The fraction of sp³-hybridized carbons (Fsp3) is 0.529. The molecule has 0 N–H and O–H groups in total. The first kappa shape index (κ1) is 15.6. The predicted octanol–water partition coefficient (Wildman–Crippen LogP) is 3.68. The lowest BCUT2D eigenvalue weighted by Crippen LogP contribution is -2.21. The van der Waals surface area contributed by atoms with Gasteiger partial charge in [0.1, 0.15) is 5.82 Å². The molecule has 0 aliphatic carbocycles. The maximum absolute atomic E-state index is 6.06. The number of ether oxygens (including phenoxy) is 1. The molecule has 118 valence electrons. The highest BCUT2D eigenvalue weighted by molar-refractivity contribution is 7.99. The average Bonchev–Trinajstić information content (AvgIpc) is 3.02. The molecule has 1 fully saturated rings. The minimum absolute atomic E-state index is 0.0266. The second kappa shape index (κ2) is 6.42. The van der Waals surface area contributed by atoms with Crippen molar-refractivity contribution < 1.29 is 4.74 Å². The van der Waals surface area contributed by atoms with E-state index in [2.05, 4.69) is 52.9 Å². The third-order valence-electron chi connectivity index (χ3n) is 4.04. The Kier molecular flexibility index (Phi) is 4.54. The van der Waals surface area contributed by atoms with Gasteiger partial charge in [0.25, 0.3) is 0 Å². The van der Waals surface area contributed by atoms with Crippen LogP contribution in [0, 0.1) is 6.92 Å². The second-order valence-electron chi connectivity index (χ2n) is 6.45. The number of rotatable bonds is 5. The van der Waals surface area contributed by atoms with Crippen LogP contribution in [0.2, 0.25) is 0 Å². The number of thioether (sulfide) groups is 1. The maximum atomic E-state index is 6.06. The Labute approximate surface area is 136 Å². The molecule has 1 saturated heterocycles. The summed E-state index contributed by atoms with van der Waals surface area (Å²) < 4.78 is 8.24. The second-order valence-corrected chi connectivity index (χ2v) is 7.44. The Morgan fingerprint density at radius 2 is 2.05 bits per heavy atom. The predicted molar refractivity (Wildman–Crippen MR) is 89.2 cm³/mol. The van der Waals surface area contributed by atoms with Crippen molar-refractivity contribution in [3.05, 3.63) is 41.7 Å². The van der Waals surface area contributed by atoms with E-state index in [1.54, 1.807) is 11.8 Å². The zero-order valence-electron chi connectivity index (χ0n) is 13.5. The molecule has 1 unspecified atom stereocenters. The average molecular weight is 317 g/mol. The summed E-state index contributed by atoms with van der Waals surface area (Å²) in [6.45, 7) is 7.16. The van der Waals surface area contributed by atoms with Gasteiger partial charge >= 0.3 is 0 Å². The highest BCUT2D eigenvalue weighted by Crippen LogP contribution is 2.32. The Morgan fingerprint density at radius 1 is 1.27 bits per heavy atom. The third-order valence-corrected chi connectivity index (χ3v) is 5.14. The number of aryl methyl sites for hydroxylation is 1. The van der Waals surface area contributed by atoms with Crippen molar-refractivity contribution in [1.29, 1.82) is 0 Å². The van der Waals surface area contributed by atoms with E-state index in [0.29, 0.717) is 6.10 Å². The molecule has 1 aromatic heterocycles. The van der Waals surface area contributed by atoms with E-state index in [1.807, 2.05) is 13.0 Å². The first-order valence-corrected chi connectivity index (χ1v) is 8.76. The Balaban J connectivity index is 1.65. The fourth-order valence-corrected chi connectivity index (χ4v) is 3.80. The lowest BCUT2D eigenvalue weighted by atomic mass is 10.1. The summed E-state index contributed by atoms with van der Waals surface area (Å²) in [5, 5.41) is 9.55. The number of aromatic nitrogens is 3. The Bertz CT molecular complexity index is 624. The molecule has 0 bridgehead atoms. The van der Waals surface area contributed by atoms with Gasteiger partial charge in [0.15, 0.2) is 5.16 Å². The summed E-state index contributed by atoms with van der Waals surface area (Å²) in [6.07, 6.45) is 2.59. The Hall–Kier alpha value is -1.33. The van der Waals surface area contributed by atoms with Crippen LogP contribution in [0.15, 0.2) is 35.5 Å². The summed E-state index contributed by atoms with van der Waals surface area (Å²) >= 11 is 1.75. The summed E-state index contributed by atoms with van der Waals surface area (Å²) in [6, 6.07) is 10.4. The molecule has 1 aliphatic rings. The molecular formula is C17H23N3OS. The standard InChI is InChI=1S/C17H23N3OS/c1-13-18-19-16(20(13)11-14-7-5-4-6-8-14)22-12-15-9-10-17(2,3)21-15/h4-8,15H,9-12H2,1-3H3. The normalized spacial score (nSPS) is 20.4. The van der Waals surface area contributed by atoms with Crippen molar-refractivity contribution in [2.24, 2.45) is 0 Å². The van der Waals surface area contributed by atoms with Crippen molar-refractivity contribution in [1.82, 2.24) is 14.8 Å². The summed E-state index contributed by atoms with van der Waals surface area (Å²) in [5.74, 6) is 1.90. The van der Waals surface area contributed by atoms with Crippen LogP contribution in [0.1, 0.15) is 38.1 Å². The first-order valence-electron chi connectivity index (χ1n) is 7.78. The number of hydrogen-bond donors (Lipinski definition) is 0. The van der Waals surface area contributed by atoms with Gasteiger partial charge in [-0.15, -0.1) is 10.2 Å². The van der Waals surface area contributed by atoms with Gasteiger partial charge in [0.2, 0.25) is 0 Å². The molecule has 2 heterocycles. The minimum Gasteiger partial charge on any atom is -0.371 e. The Morgan fingerprint density at radius 3 is 2.73 bits per heavy atom. The number of hydrogen-bond acceptors (Lipinski definition) is 4. The molecule has 1 aliphatic heterocycles. The van der Waals surface area contributed by atoms with Crippen LogP contribution < -0.4 is 0 Å². The van der Waals surface area contributed by atoms with Crippen LogP contribution in [0.5, 0.6) is 0 Å². The number of benzene rings is 1. The molecular weight excluding hydrogens is 294 g/mol. The van der Waals surface area contributed by atoms with Gasteiger partial charge in [-0.1, -0.05) is 42.1 Å². The molecule has 3 rings (SSSR count). The van der Waals surface area contributed by atoms with Gasteiger partial charge < -0.3 is 9.30 Å². The number of nitrogens with zero attached hydrogens (tertiary/aromatic N) is 3. The molecule has 0 spiro atoms. The quantitative estimate of drug-likeness (QED) is 0.789. The molecule has 1 atom stereocenters. The van der Waals surface area contributed by atoms with Crippen molar-refractivity contribution in [3.8, 4) is 0 Å². The van der Waals surface area contributed by atoms with Gasteiger partial charge in [-0.3, -0.25) is 0 Å². The molecule has 0 radical (unpaired) electrons. The van der Waals surface area contributed by atoms with E-state index >= 15 is 0 Å².